The smallest absolute Gasteiger partial charge is 0.404 e. The lowest BCUT2D eigenvalue weighted by molar-refractivity contribution is 0.100. The number of fused-ring (bicyclic) bond motifs is 1. The van der Waals surface area contributed by atoms with Crippen molar-refractivity contribution in [1.82, 2.24) is 10.1 Å². The Labute approximate surface area is 144 Å². The van der Waals surface area contributed by atoms with Gasteiger partial charge in [-0.2, -0.15) is 4.79 Å². The molecule has 1 aromatic heterocycles. The van der Waals surface area contributed by atoms with Crippen molar-refractivity contribution >= 4 is 28.5 Å². The van der Waals surface area contributed by atoms with Crippen LogP contribution in [0.3, 0.4) is 0 Å². The summed E-state index contributed by atoms with van der Waals surface area (Å²) in [6.45, 7) is 3.45. The van der Waals surface area contributed by atoms with E-state index in [0.717, 1.165) is 29.5 Å². The molecule has 6 nitrogen and oxygen atoms in total. The lowest BCUT2D eigenvalue weighted by Crippen LogP contribution is -2.34. The van der Waals surface area contributed by atoms with Crippen LogP contribution in [0.15, 0.2) is 18.2 Å². The Balaban J connectivity index is 2.16. The van der Waals surface area contributed by atoms with Crippen LogP contribution in [0.4, 0.5) is 9.28 Å². The summed E-state index contributed by atoms with van der Waals surface area (Å²) in [5.41, 5.74) is 8.63. The van der Waals surface area contributed by atoms with E-state index < -0.39 is 12.0 Å². The van der Waals surface area contributed by atoms with Crippen LogP contribution in [-0.4, -0.2) is 27.9 Å². The summed E-state index contributed by atoms with van der Waals surface area (Å²) in [6, 6.07) is 3.12. The molecular formula is C18H20FN3O3. The summed E-state index contributed by atoms with van der Waals surface area (Å²) in [6.07, 6.45) is 2.97. The second-order valence-electron chi connectivity index (χ2n) is 6.40. The lowest BCUT2D eigenvalue weighted by atomic mass is 9.87. The fourth-order valence-electron chi connectivity index (χ4n) is 3.56. The molecule has 1 atom stereocenters. The molecule has 0 radical (unpaired) electrons. The number of aromatic nitrogens is 1. The Morgan fingerprint density at radius 2 is 2.08 bits per heavy atom. The minimum Gasteiger partial charge on any atom is -0.465 e. The molecule has 0 saturated carbocycles. The zero-order chi connectivity index (χ0) is 18.3. The minimum absolute atomic E-state index is 0.133. The third-order valence-corrected chi connectivity index (χ3v) is 4.90. The SMILES string of the molecule is Cc1c(C)n(F)c2c(C(N)=O)ccc(C3=CCCC(NC(=O)O)C3)c12. The fraction of sp³-hybridized carbons (Fsp3) is 0.333. The van der Waals surface area contributed by atoms with Crippen LogP contribution in [0.5, 0.6) is 0 Å². The predicted molar refractivity (Wildman–Crippen MR) is 93.2 cm³/mol. The van der Waals surface area contributed by atoms with E-state index in [0.29, 0.717) is 22.3 Å². The number of nitrogens with zero attached hydrogens (tertiary/aromatic N) is 1. The molecule has 7 heteroatoms. The van der Waals surface area contributed by atoms with Crippen molar-refractivity contribution in [1.29, 1.82) is 0 Å². The molecule has 1 aliphatic carbocycles. The number of halogens is 1. The zero-order valence-corrected chi connectivity index (χ0v) is 14.1. The van der Waals surface area contributed by atoms with E-state index in [2.05, 4.69) is 5.32 Å². The van der Waals surface area contributed by atoms with E-state index in [1.54, 1.807) is 19.9 Å². The van der Waals surface area contributed by atoms with Gasteiger partial charge in [-0.25, -0.2) is 4.79 Å². The third kappa shape index (κ3) is 2.86. The molecule has 1 aliphatic rings. The number of primary amides is 1. The Bertz CT molecular complexity index is 914. The van der Waals surface area contributed by atoms with Gasteiger partial charge in [-0.3, -0.25) is 4.79 Å². The third-order valence-electron chi connectivity index (χ3n) is 4.90. The first-order valence-electron chi connectivity index (χ1n) is 8.10. The molecule has 4 N–H and O–H groups in total. The number of amides is 2. The van der Waals surface area contributed by atoms with E-state index in [1.165, 1.54) is 6.07 Å². The normalized spacial score (nSPS) is 17.4. The number of carbonyl (C=O) groups is 2. The molecule has 0 aliphatic heterocycles. The van der Waals surface area contributed by atoms with Crippen LogP contribution >= 0.6 is 0 Å². The van der Waals surface area contributed by atoms with Gasteiger partial charge in [0.2, 0.25) is 0 Å². The molecule has 0 saturated heterocycles. The summed E-state index contributed by atoms with van der Waals surface area (Å²) in [5.74, 6) is -0.684. The number of allylic oxidation sites excluding steroid dienone is 1. The Hall–Kier alpha value is -2.83. The first-order valence-corrected chi connectivity index (χ1v) is 8.10. The van der Waals surface area contributed by atoms with E-state index in [-0.39, 0.29) is 17.1 Å². The number of carboxylic acid groups (broad SMARTS) is 1. The van der Waals surface area contributed by atoms with Crippen LogP contribution in [0.25, 0.3) is 16.5 Å². The lowest BCUT2D eigenvalue weighted by Gasteiger charge is -2.23. The molecule has 132 valence electrons. The van der Waals surface area contributed by atoms with Gasteiger partial charge in [0, 0.05) is 11.4 Å². The van der Waals surface area contributed by atoms with Gasteiger partial charge < -0.3 is 16.2 Å². The highest BCUT2D eigenvalue weighted by Crippen LogP contribution is 2.37. The molecule has 1 aromatic carbocycles. The van der Waals surface area contributed by atoms with Crippen molar-refractivity contribution < 1.29 is 19.2 Å². The maximum atomic E-state index is 14.6. The van der Waals surface area contributed by atoms with Crippen LogP contribution in [0, 0.1) is 13.8 Å². The van der Waals surface area contributed by atoms with Gasteiger partial charge in [-0.1, -0.05) is 16.6 Å². The van der Waals surface area contributed by atoms with Gasteiger partial charge in [0.15, 0.2) is 0 Å². The summed E-state index contributed by atoms with van der Waals surface area (Å²) in [5, 5.41) is 12.1. The standard InChI is InChI=1S/C18H20FN3O3/c1-9-10(2)22(19)16-14(17(20)23)7-6-13(15(9)16)11-4-3-5-12(8-11)21-18(24)25/h4,6-7,12,21H,3,5,8H2,1-2H3,(H2,20,23)(H,24,25). The molecular weight excluding hydrogens is 325 g/mol. The highest BCUT2D eigenvalue weighted by molar-refractivity contribution is 6.09. The summed E-state index contributed by atoms with van der Waals surface area (Å²) in [4.78, 5) is 23.1. The largest absolute Gasteiger partial charge is 0.465 e. The van der Waals surface area contributed by atoms with Crippen LogP contribution in [0.1, 0.15) is 46.4 Å². The van der Waals surface area contributed by atoms with E-state index in [4.69, 9.17) is 10.8 Å². The van der Waals surface area contributed by atoms with E-state index in [9.17, 15) is 14.1 Å². The van der Waals surface area contributed by atoms with Crippen LogP contribution in [0.2, 0.25) is 0 Å². The molecule has 25 heavy (non-hydrogen) atoms. The van der Waals surface area contributed by atoms with Gasteiger partial charge in [0.25, 0.3) is 5.91 Å². The second kappa shape index (κ2) is 6.23. The van der Waals surface area contributed by atoms with Gasteiger partial charge in [-0.15, -0.1) is 0 Å². The Morgan fingerprint density at radius 3 is 2.72 bits per heavy atom. The quantitative estimate of drug-likeness (QED) is 0.796. The molecule has 0 fully saturated rings. The number of benzene rings is 1. The number of rotatable bonds is 3. The number of carbonyl (C=O) groups excluding carboxylic acids is 1. The Morgan fingerprint density at radius 1 is 1.36 bits per heavy atom. The summed E-state index contributed by atoms with van der Waals surface area (Å²) >= 11 is 0. The number of hydrogen-bond acceptors (Lipinski definition) is 2. The minimum atomic E-state index is -1.05. The van der Waals surface area contributed by atoms with Crippen molar-refractivity contribution in [3.63, 3.8) is 0 Å². The maximum Gasteiger partial charge on any atom is 0.404 e. The van der Waals surface area contributed by atoms with Crippen molar-refractivity contribution in [3.05, 3.63) is 40.6 Å². The van der Waals surface area contributed by atoms with Gasteiger partial charge >= 0.3 is 6.09 Å². The second-order valence-corrected chi connectivity index (χ2v) is 6.40. The number of hydrogen-bond donors (Lipinski definition) is 3. The maximum absolute atomic E-state index is 14.6. The molecule has 0 spiro atoms. The monoisotopic (exact) mass is 345 g/mol. The summed E-state index contributed by atoms with van der Waals surface area (Å²) in [7, 11) is 0. The van der Waals surface area contributed by atoms with Crippen LogP contribution < -0.4 is 11.1 Å². The highest BCUT2D eigenvalue weighted by atomic mass is 19.2. The molecule has 1 heterocycles. The number of aryl methyl sites for hydroxylation is 1. The average Bonchev–Trinajstić information content (AvgIpc) is 2.79. The predicted octanol–water partition coefficient (Wildman–Crippen LogP) is 3.29. The number of nitrogens with one attached hydrogen (secondary N) is 1. The first kappa shape index (κ1) is 17.0. The molecule has 3 rings (SSSR count). The fourth-order valence-corrected chi connectivity index (χ4v) is 3.56. The molecule has 2 aromatic rings. The van der Waals surface area contributed by atoms with E-state index in [1.807, 2.05) is 6.08 Å². The molecule has 1 unspecified atom stereocenters. The van der Waals surface area contributed by atoms with Crippen molar-refractivity contribution in [2.75, 3.05) is 0 Å². The number of nitrogens with two attached hydrogens (primary N) is 1. The topological polar surface area (TPSA) is 97.4 Å². The van der Waals surface area contributed by atoms with Gasteiger partial charge in [0.1, 0.15) is 0 Å². The molecule has 2 amide bonds. The first-order chi connectivity index (χ1) is 11.8. The van der Waals surface area contributed by atoms with Crippen LogP contribution in [-0.2, 0) is 0 Å². The van der Waals surface area contributed by atoms with E-state index >= 15 is 0 Å². The van der Waals surface area contributed by atoms with Gasteiger partial charge in [-0.05, 0) is 55.9 Å². The summed E-state index contributed by atoms with van der Waals surface area (Å²) < 4.78 is 14.6. The molecule has 0 bridgehead atoms. The zero-order valence-electron chi connectivity index (χ0n) is 14.1. The van der Waals surface area contributed by atoms with Crippen molar-refractivity contribution in [3.8, 4) is 0 Å². The average molecular weight is 345 g/mol. The van der Waals surface area contributed by atoms with Crippen molar-refractivity contribution in [2.45, 2.75) is 39.2 Å². The van der Waals surface area contributed by atoms with Gasteiger partial charge in [0.05, 0.1) is 16.8 Å². The van der Waals surface area contributed by atoms with Crippen molar-refractivity contribution in [2.24, 2.45) is 5.73 Å². The highest BCUT2D eigenvalue weighted by Gasteiger charge is 2.24. The Kier molecular flexibility index (Phi) is 4.24.